The molecule has 6 N–H and O–H groups in total. The molecule has 1 unspecified atom stereocenters. The number of phenols is 1. The third kappa shape index (κ3) is 5.81. The summed E-state index contributed by atoms with van der Waals surface area (Å²) in [6.07, 6.45) is 5.28. The van der Waals surface area contributed by atoms with Gasteiger partial charge in [-0.2, -0.15) is 0 Å². The predicted octanol–water partition coefficient (Wildman–Crippen LogP) is 1.62. The molecule has 2 rings (SSSR count). The zero-order chi connectivity index (χ0) is 16.9. The Balaban J connectivity index is 1.63. The number of nitrogens with two attached hydrogens (primary N) is 1. The molecule has 1 fully saturated rings. The summed E-state index contributed by atoms with van der Waals surface area (Å²) in [6, 6.07) is 7.79. The summed E-state index contributed by atoms with van der Waals surface area (Å²) in [5.74, 6) is 0.823. The second-order valence-electron chi connectivity index (χ2n) is 7.14. The Labute approximate surface area is 139 Å². The van der Waals surface area contributed by atoms with Crippen molar-refractivity contribution in [3.8, 4) is 5.75 Å². The van der Waals surface area contributed by atoms with Gasteiger partial charge < -0.3 is 26.2 Å². The summed E-state index contributed by atoms with van der Waals surface area (Å²) < 4.78 is 0. The number of hydrogen-bond acceptors (Lipinski definition) is 5. The molecule has 1 saturated carbocycles. The fraction of sp³-hybridized carbons (Fsp3) is 0.647. The largest absolute Gasteiger partial charge is 0.508 e. The number of aromatic hydroxyl groups is 1. The van der Waals surface area contributed by atoms with E-state index in [4.69, 9.17) is 15.8 Å². The first-order valence-corrected chi connectivity index (χ1v) is 8.53. The van der Waals surface area contributed by atoms with Crippen LogP contribution in [-0.2, 0) is 6.54 Å². The van der Waals surface area contributed by atoms with E-state index in [0.29, 0.717) is 24.0 Å². The molecular weight excluding hydrogens is 291 g/mol. The molecule has 0 bridgehead atoms. The van der Waals surface area contributed by atoms with Crippen molar-refractivity contribution in [3.63, 3.8) is 0 Å². The lowest BCUT2D eigenvalue weighted by Crippen LogP contribution is -2.54. The minimum absolute atomic E-state index is 0.170. The molecule has 0 saturated heterocycles. The van der Waals surface area contributed by atoms with Crippen molar-refractivity contribution in [1.82, 2.24) is 5.32 Å². The number of phenolic OH excluding ortho intramolecular Hbond substituents is 1. The van der Waals surface area contributed by atoms with Crippen molar-refractivity contribution in [1.29, 1.82) is 0 Å². The van der Waals surface area contributed by atoms with Crippen molar-refractivity contribution in [2.45, 2.75) is 63.5 Å². The van der Waals surface area contributed by atoms with Crippen LogP contribution in [0.15, 0.2) is 24.3 Å². The zero-order valence-corrected chi connectivity index (χ0v) is 13.9. The van der Waals surface area contributed by atoms with Gasteiger partial charge in [0.15, 0.2) is 0 Å². The molecule has 0 radical (unpaired) electrons. The van der Waals surface area contributed by atoms with Gasteiger partial charge in [0.25, 0.3) is 0 Å². The molecule has 0 heterocycles. The highest BCUT2D eigenvalue weighted by Crippen LogP contribution is 2.38. The molecular formula is C17H29BN2O3. The van der Waals surface area contributed by atoms with Crippen LogP contribution in [-0.4, -0.2) is 33.9 Å². The standard InChI is InChI=1S/C17H29BN2O3/c1-17(19,8-2-3-9-18(22)23)14-10-15(11-14)20-12-13-4-6-16(21)7-5-13/h4-7,14-15,20-23H,2-3,8-12,19H2,1H3. The Morgan fingerprint density at radius 1 is 1.22 bits per heavy atom. The number of rotatable bonds is 9. The van der Waals surface area contributed by atoms with Crippen LogP contribution in [0.25, 0.3) is 0 Å². The van der Waals surface area contributed by atoms with Gasteiger partial charge in [-0.25, -0.2) is 0 Å². The fourth-order valence-electron chi connectivity index (χ4n) is 3.24. The second kappa shape index (κ2) is 8.15. The molecule has 1 aromatic carbocycles. The van der Waals surface area contributed by atoms with Gasteiger partial charge in [0.1, 0.15) is 5.75 Å². The van der Waals surface area contributed by atoms with Crippen molar-refractivity contribution < 1.29 is 15.2 Å². The molecule has 0 spiro atoms. The van der Waals surface area contributed by atoms with E-state index in [-0.39, 0.29) is 5.54 Å². The van der Waals surface area contributed by atoms with Crippen molar-refractivity contribution in [3.05, 3.63) is 29.8 Å². The van der Waals surface area contributed by atoms with E-state index in [0.717, 1.165) is 38.6 Å². The van der Waals surface area contributed by atoms with Crippen LogP contribution in [0.1, 0.15) is 44.6 Å². The smallest absolute Gasteiger partial charge is 0.451 e. The molecule has 23 heavy (non-hydrogen) atoms. The van der Waals surface area contributed by atoms with Gasteiger partial charge >= 0.3 is 7.12 Å². The molecule has 5 nitrogen and oxygen atoms in total. The van der Waals surface area contributed by atoms with Crippen LogP contribution >= 0.6 is 0 Å². The van der Waals surface area contributed by atoms with Gasteiger partial charge in [0, 0.05) is 18.1 Å². The highest BCUT2D eigenvalue weighted by atomic mass is 16.4. The van der Waals surface area contributed by atoms with E-state index < -0.39 is 7.12 Å². The van der Waals surface area contributed by atoms with Crippen LogP contribution in [0.2, 0.25) is 6.32 Å². The van der Waals surface area contributed by atoms with Crippen LogP contribution < -0.4 is 11.1 Å². The van der Waals surface area contributed by atoms with Crippen LogP contribution in [0.4, 0.5) is 0 Å². The third-order valence-corrected chi connectivity index (χ3v) is 5.03. The predicted molar refractivity (Wildman–Crippen MR) is 92.9 cm³/mol. The lowest BCUT2D eigenvalue weighted by molar-refractivity contribution is 0.123. The van der Waals surface area contributed by atoms with Crippen LogP contribution in [0.5, 0.6) is 5.75 Å². The van der Waals surface area contributed by atoms with Crippen LogP contribution in [0, 0.1) is 5.92 Å². The molecule has 0 aliphatic heterocycles. The number of nitrogens with one attached hydrogen (secondary N) is 1. The molecule has 1 aliphatic rings. The summed E-state index contributed by atoms with van der Waals surface area (Å²) in [4.78, 5) is 0. The van der Waals surface area contributed by atoms with Crippen molar-refractivity contribution in [2.24, 2.45) is 11.7 Å². The minimum atomic E-state index is -1.20. The van der Waals surface area contributed by atoms with Gasteiger partial charge in [0.2, 0.25) is 0 Å². The topological polar surface area (TPSA) is 98.7 Å². The van der Waals surface area contributed by atoms with E-state index in [9.17, 15) is 5.11 Å². The number of unbranched alkanes of at least 4 members (excludes halogenated alkanes) is 1. The van der Waals surface area contributed by atoms with Gasteiger partial charge in [-0.05, 0) is 56.1 Å². The van der Waals surface area contributed by atoms with Gasteiger partial charge in [-0.1, -0.05) is 25.0 Å². The number of benzene rings is 1. The zero-order valence-electron chi connectivity index (χ0n) is 13.9. The van der Waals surface area contributed by atoms with E-state index in [2.05, 4.69) is 12.2 Å². The minimum Gasteiger partial charge on any atom is -0.508 e. The van der Waals surface area contributed by atoms with Gasteiger partial charge in [-0.15, -0.1) is 0 Å². The normalized spacial score (nSPS) is 23.1. The maximum absolute atomic E-state index is 9.27. The first-order chi connectivity index (χ1) is 10.9. The Morgan fingerprint density at radius 3 is 2.48 bits per heavy atom. The molecule has 0 aromatic heterocycles. The monoisotopic (exact) mass is 320 g/mol. The summed E-state index contributed by atoms with van der Waals surface area (Å²) in [5.41, 5.74) is 7.45. The molecule has 6 heteroatoms. The molecule has 1 aromatic rings. The van der Waals surface area contributed by atoms with Gasteiger partial charge in [-0.3, -0.25) is 0 Å². The Morgan fingerprint density at radius 2 is 1.87 bits per heavy atom. The maximum Gasteiger partial charge on any atom is 0.451 e. The summed E-state index contributed by atoms with van der Waals surface area (Å²) in [6.45, 7) is 2.93. The lowest BCUT2D eigenvalue weighted by atomic mass is 9.67. The van der Waals surface area contributed by atoms with E-state index >= 15 is 0 Å². The fourth-order valence-corrected chi connectivity index (χ4v) is 3.24. The van der Waals surface area contributed by atoms with E-state index in [1.54, 1.807) is 12.1 Å². The summed E-state index contributed by atoms with van der Waals surface area (Å²) in [7, 11) is -1.20. The average molecular weight is 320 g/mol. The Bertz CT molecular complexity index is 473. The van der Waals surface area contributed by atoms with E-state index in [1.807, 2.05) is 12.1 Å². The highest BCUT2D eigenvalue weighted by Gasteiger charge is 2.39. The first-order valence-electron chi connectivity index (χ1n) is 8.53. The van der Waals surface area contributed by atoms with Crippen molar-refractivity contribution >= 4 is 7.12 Å². The highest BCUT2D eigenvalue weighted by molar-refractivity contribution is 6.40. The quantitative estimate of drug-likeness (QED) is 0.352. The first kappa shape index (κ1) is 18.3. The molecule has 128 valence electrons. The Kier molecular flexibility index (Phi) is 6.47. The SMILES string of the molecule is CC(N)(CCCCB(O)O)C1CC(NCc2ccc(O)cc2)C1. The summed E-state index contributed by atoms with van der Waals surface area (Å²) >= 11 is 0. The Hall–Kier alpha value is -1.08. The second-order valence-corrected chi connectivity index (χ2v) is 7.14. The molecule has 0 amide bonds. The molecule has 1 aliphatic carbocycles. The molecule has 1 atom stereocenters. The van der Waals surface area contributed by atoms with Crippen LogP contribution in [0.3, 0.4) is 0 Å². The summed E-state index contributed by atoms with van der Waals surface area (Å²) in [5, 5.41) is 30.5. The maximum atomic E-state index is 9.27. The van der Waals surface area contributed by atoms with E-state index in [1.165, 1.54) is 5.56 Å². The third-order valence-electron chi connectivity index (χ3n) is 5.03. The number of hydrogen-bond donors (Lipinski definition) is 5. The average Bonchev–Trinajstić information content (AvgIpc) is 2.43. The lowest BCUT2D eigenvalue weighted by Gasteiger charge is -2.46. The van der Waals surface area contributed by atoms with Gasteiger partial charge in [0.05, 0.1) is 0 Å². The van der Waals surface area contributed by atoms with Crippen molar-refractivity contribution in [2.75, 3.05) is 0 Å².